The van der Waals surface area contributed by atoms with Gasteiger partial charge in [-0.05, 0) is 48.1 Å². The normalized spacial score (nSPS) is 21.0. The number of hydrogen-bond acceptors (Lipinski definition) is 4. The van der Waals surface area contributed by atoms with Gasteiger partial charge in [-0.15, -0.1) is 11.3 Å². The third kappa shape index (κ3) is 2.80. The van der Waals surface area contributed by atoms with Crippen LogP contribution in [-0.2, 0) is 6.54 Å². The number of thiophene rings is 1. The lowest BCUT2D eigenvalue weighted by atomic mass is 9.82. The van der Waals surface area contributed by atoms with Crippen LogP contribution in [0.15, 0.2) is 59.0 Å². The summed E-state index contributed by atoms with van der Waals surface area (Å²) >= 11 is 1.59. The average Bonchev–Trinajstić information content (AvgIpc) is 3.23. The zero-order chi connectivity index (χ0) is 18.4. The molecule has 5 nitrogen and oxygen atoms in total. The van der Waals surface area contributed by atoms with Gasteiger partial charge in [-0.1, -0.05) is 6.07 Å². The van der Waals surface area contributed by atoms with E-state index in [0.29, 0.717) is 31.1 Å². The lowest BCUT2D eigenvalue weighted by Gasteiger charge is -2.43. The minimum absolute atomic E-state index is 0.0538. The van der Waals surface area contributed by atoms with E-state index in [-0.39, 0.29) is 17.4 Å². The summed E-state index contributed by atoms with van der Waals surface area (Å²) in [5, 5.41) is 2.00. The number of carbonyl (C=O) groups is 1. The third-order valence-corrected chi connectivity index (χ3v) is 6.51. The van der Waals surface area contributed by atoms with Crippen LogP contribution in [0.25, 0.3) is 10.4 Å². The molecule has 0 saturated carbocycles. The Morgan fingerprint density at radius 1 is 1.07 bits per heavy atom. The van der Waals surface area contributed by atoms with Crippen LogP contribution in [0.3, 0.4) is 0 Å². The number of rotatable bonds is 2. The molecule has 136 valence electrons. The zero-order valence-corrected chi connectivity index (χ0v) is 15.6. The Morgan fingerprint density at radius 2 is 1.93 bits per heavy atom. The molecule has 0 aliphatic carbocycles. The van der Waals surface area contributed by atoms with Crippen molar-refractivity contribution in [3.63, 3.8) is 0 Å². The molecule has 0 aromatic carbocycles. The maximum Gasteiger partial charge on any atom is 0.259 e. The number of pyridine rings is 2. The van der Waals surface area contributed by atoms with Crippen molar-refractivity contribution in [2.75, 3.05) is 13.1 Å². The van der Waals surface area contributed by atoms with Gasteiger partial charge in [-0.3, -0.25) is 14.6 Å². The third-order valence-electron chi connectivity index (χ3n) is 5.61. The van der Waals surface area contributed by atoms with E-state index in [1.807, 2.05) is 33.0 Å². The second kappa shape index (κ2) is 6.46. The number of amides is 1. The lowest BCUT2D eigenvalue weighted by Crippen LogP contribution is -2.49. The Kier molecular flexibility index (Phi) is 3.93. The van der Waals surface area contributed by atoms with E-state index < -0.39 is 0 Å². The van der Waals surface area contributed by atoms with Crippen LogP contribution in [0, 0.1) is 5.92 Å². The molecule has 5 rings (SSSR count). The maximum atomic E-state index is 13.1. The molecule has 2 aliphatic rings. The van der Waals surface area contributed by atoms with Crippen molar-refractivity contribution in [1.29, 1.82) is 0 Å². The molecular formula is C21H19N3O2S. The Morgan fingerprint density at radius 3 is 2.70 bits per heavy atom. The predicted octanol–water partition coefficient (Wildman–Crippen LogP) is 3.23. The molecule has 27 heavy (non-hydrogen) atoms. The van der Waals surface area contributed by atoms with Gasteiger partial charge >= 0.3 is 0 Å². The molecule has 2 aliphatic heterocycles. The number of piperidine rings is 1. The van der Waals surface area contributed by atoms with E-state index in [2.05, 4.69) is 11.1 Å². The fraction of sp³-hybridized carbons (Fsp3) is 0.286. The monoisotopic (exact) mass is 377 g/mol. The number of nitrogens with zero attached hydrogens (tertiary/aromatic N) is 3. The highest BCUT2D eigenvalue weighted by Gasteiger charge is 2.36. The Bertz CT molecular complexity index is 1040. The van der Waals surface area contributed by atoms with Crippen molar-refractivity contribution in [3.05, 3.63) is 75.8 Å². The van der Waals surface area contributed by atoms with E-state index in [4.69, 9.17) is 0 Å². The molecule has 0 unspecified atom stereocenters. The molecule has 0 N–H and O–H groups in total. The summed E-state index contributed by atoms with van der Waals surface area (Å²) in [5.74, 6) is 0.588. The largest absolute Gasteiger partial charge is 0.338 e. The highest BCUT2D eigenvalue weighted by atomic mass is 32.1. The van der Waals surface area contributed by atoms with Crippen LogP contribution in [0.1, 0.15) is 28.4 Å². The summed E-state index contributed by atoms with van der Waals surface area (Å²) in [7, 11) is 0. The minimum Gasteiger partial charge on any atom is -0.338 e. The molecular weight excluding hydrogens is 358 g/mol. The van der Waals surface area contributed by atoms with Crippen LogP contribution in [0.5, 0.6) is 0 Å². The zero-order valence-electron chi connectivity index (χ0n) is 14.7. The second-order valence-electron chi connectivity index (χ2n) is 7.31. The molecule has 1 saturated heterocycles. The van der Waals surface area contributed by atoms with Crippen molar-refractivity contribution < 1.29 is 4.79 Å². The standard InChI is InChI=1S/C21H19N3O2S/c25-20(15-5-7-22-8-6-15)23-11-14-10-16(13-23)18-4-3-17(19-2-1-9-27-19)21(26)24(18)12-14/h1-9,14,16H,10-13H2/t14-,16+/m0/s1. The van der Waals surface area contributed by atoms with E-state index in [1.165, 1.54) is 0 Å². The minimum atomic E-state index is 0.0538. The summed E-state index contributed by atoms with van der Waals surface area (Å²) in [6, 6.07) is 11.5. The fourth-order valence-electron chi connectivity index (χ4n) is 4.41. The van der Waals surface area contributed by atoms with Gasteiger partial charge in [-0.2, -0.15) is 0 Å². The SMILES string of the molecule is O=C(c1ccncc1)N1C[C@@H]2C[C@H](C1)c1ccc(-c3cccs3)c(=O)n1C2. The summed E-state index contributed by atoms with van der Waals surface area (Å²) in [5.41, 5.74) is 2.61. The number of fused-ring (bicyclic) bond motifs is 4. The first-order valence-corrected chi connectivity index (χ1v) is 10.1. The van der Waals surface area contributed by atoms with Crippen molar-refractivity contribution >= 4 is 17.2 Å². The molecule has 3 aromatic rings. The van der Waals surface area contributed by atoms with Gasteiger partial charge in [0.05, 0.1) is 5.56 Å². The Labute approximate surface area is 160 Å². The molecule has 1 fully saturated rings. The second-order valence-corrected chi connectivity index (χ2v) is 8.26. The van der Waals surface area contributed by atoms with Crippen molar-refractivity contribution in [2.45, 2.75) is 18.9 Å². The number of carbonyl (C=O) groups excluding carboxylic acids is 1. The Hall–Kier alpha value is -2.73. The van der Waals surface area contributed by atoms with E-state index in [1.54, 1.807) is 35.9 Å². The van der Waals surface area contributed by atoms with Gasteiger partial charge in [-0.25, -0.2) is 0 Å². The van der Waals surface area contributed by atoms with Crippen LogP contribution in [0.2, 0.25) is 0 Å². The van der Waals surface area contributed by atoms with Crippen LogP contribution in [-0.4, -0.2) is 33.4 Å². The van der Waals surface area contributed by atoms with Crippen LogP contribution >= 0.6 is 11.3 Å². The van der Waals surface area contributed by atoms with Gasteiger partial charge in [0.1, 0.15) is 0 Å². The molecule has 0 radical (unpaired) electrons. The van der Waals surface area contributed by atoms with E-state index in [0.717, 1.165) is 22.6 Å². The smallest absolute Gasteiger partial charge is 0.259 e. The van der Waals surface area contributed by atoms with Crippen molar-refractivity contribution in [2.24, 2.45) is 5.92 Å². The number of aromatic nitrogens is 2. The first-order chi connectivity index (χ1) is 13.2. The van der Waals surface area contributed by atoms with Crippen molar-refractivity contribution in [3.8, 4) is 10.4 Å². The maximum absolute atomic E-state index is 13.1. The van der Waals surface area contributed by atoms with Gasteiger partial charge in [0.2, 0.25) is 0 Å². The van der Waals surface area contributed by atoms with Crippen LogP contribution < -0.4 is 5.56 Å². The molecule has 6 heteroatoms. The number of likely N-dealkylation sites (tertiary alicyclic amines) is 1. The molecule has 2 atom stereocenters. The van der Waals surface area contributed by atoms with Gasteiger partial charge in [0.15, 0.2) is 0 Å². The number of hydrogen-bond donors (Lipinski definition) is 0. The summed E-state index contributed by atoms with van der Waals surface area (Å²) in [6.07, 6.45) is 4.34. The van der Waals surface area contributed by atoms with Gasteiger partial charge < -0.3 is 9.47 Å². The highest BCUT2D eigenvalue weighted by Crippen LogP contribution is 2.36. The molecule has 1 amide bonds. The molecule has 5 heterocycles. The fourth-order valence-corrected chi connectivity index (χ4v) is 5.15. The van der Waals surface area contributed by atoms with Gasteiger partial charge in [0.25, 0.3) is 11.5 Å². The van der Waals surface area contributed by atoms with Crippen molar-refractivity contribution in [1.82, 2.24) is 14.5 Å². The summed E-state index contributed by atoms with van der Waals surface area (Å²) < 4.78 is 1.95. The van der Waals surface area contributed by atoms with E-state index >= 15 is 0 Å². The lowest BCUT2D eigenvalue weighted by molar-refractivity contribution is 0.0594. The van der Waals surface area contributed by atoms with Crippen LogP contribution in [0.4, 0.5) is 0 Å². The summed E-state index contributed by atoms with van der Waals surface area (Å²) in [4.78, 5) is 32.9. The Balaban J connectivity index is 1.47. The quantitative estimate of drug-likeness (QED) is 0.689. The topological polar surface area (TPSA) is 55.2 Å². The first-order valence-electron chi connectivity index (χ1n) is 9.17. The summed E-state index contributed by atoms with van der Waals surface area (Å²) in [6.45, 7) is 2.05. The molecule has 3 aromatic heterocycles. The molecule has 0 spiro atoms. The van der Waals surface area contributed by atoms with Gasteiger partial charge in [0, 0.05) is 54.1 Å². The van der Waals surface area contributed by atoms with E-state index in [9.17, 15) is 9.59 Å². The predicted molar refractivity (Wildman–Crippen MR) is 105 cm³/mol. The highest BCUT2D eigenvalue weighted by molar-refractivity contribution is 7.13. The first kappa shape index (κ1) is 16.4. The molecule has 2 bridgehead atoms. The average molecular weight is 377 g/mol.